The van der Waals surface area contributed by atoms with Gasteiger partial charge in [0.05, 0.1) is 6.20 Å². The maximum Gasteiger partial charge on any atom is 0.352 e. The van der Waals surface area contributed by atoms with Gasteiger partial charge in [-0.25, -0.2) is 18.7 Å². The number of pyridine rings is 1. The summed E-state index contributed by atoms with van der Waals surface area (Å²) in [6, 6.07) is 4.75. The predicted molar refractivity (Wildman–Crippen MR) is 137 cm³/mol. The third-order valence-electron chi connectivity index (χ3n) is 5.79. The Bertz CT molecular complexity index is 1480. The van der Waals surface area contributed by atoms with Crippen molar-refractivity contribution in [2.45, 2.75) is 24.9 Å². The Hall–Kier alpha value is -3.62. The molecule has 0 bridgehead atoms. The quantitative estimate of drug-likeness (QED) is 0.159. The lowest BCUT2D eigenvalue weighted by Crippen LogP contribution is -2.71. The molecule has 1 fully saturated rings. The molecule has 15 heteroatoms. The number of nitrogen functional groups attached to an aromatic ring is 1. The molecule has 12 nitrogen and oxygen atoms in total. The zero-order valence-electron chi connectivity index (χ0n) is 19.3. The van der Waals surface area contributed by atoms with E-state index in [-0.39, 0.29) is 33.2 Å². The number of hydrogen-bond acceptors (Lipinski definition) is 9. The Balaban J connectivity index is 1.38. The van der Waals surface area contributed by atoms with Gasteiger partial charge in [-0.3, -0.25) is 14.5 Å². The number of amides is 2. The first-order valence-corrected chi connectivity index (χ1v) is 13.3. The molecule has 192 valence electrons. The van der Waals surface area contributed by atoms with Gasteiger partial charge in [-0.15, -0.1) is 11.8 Å². The number of carbonyl (C=O) groups is 3. The van der Waals surface area contributed by atoms with Gasteiger partial charge in [0.1, 0.15) is 52.7 Å². The average Bonchev–Trinajstić information content (AvgIpc) is 3.44. The second-order valence-corrected chi connectivity index (χ2v) is 10.8. The third-order valence-corrected chi connectivity index (χ3v) is 8.22. The highest BCUT2D eigenvalue weighted by Crippen LogP contribution is 2.40. The van der Waals surface area contributed by atoms with Gasteiger partial charge in [-0.1, -0.05) is 34.2 Å². The maximum atomic E-state index is 13.1. The number of carbonyl (C=O) groups excluding carboxylic acids is 2. The van der Waals surface area contributed by atoms with Crippen molar-refractivity contribution in [2.75, 3.05) is 18.1 Å². The van der Waals surface area contributed by atoms with E-state index < -0.39 is 29.2 Å². The molecule has 3 aromatic heterocycles. The number of anilines is 1. The summed E-state index contributed by atoms with van der Waals surface area (Å²) in [5.41, 5.74) is 6.92. The van der Waals surface area contributed by atoms with E-state index in [4.69, 9.17) is 22.2 Å². The summed E-state index contributed by atoms with van der Waals surface area (Å²) in [6.07, 6.45) is 5.63. The van der Waals surface area contributed by atoms with Crippen molar-refractivity contribution in [3.8, 4) is 0 Å². The molecule has 37 heavy (non-hydrogen) atoms. The fourth-order valence-electron chi connectivity index (χ4n) is 4.18. The van der Waals surface area contributed by atoms with Crippen molar-refractivity contribution in [1.82, 2.24) is 19.6 Å². The van der Waals surface area contributed by atoms with Crippen LogP contribution in [0.5, 0.6) is 0 Å². The van der Waals surface area contributed by atoms with Crippen molar-refractivity contribution >= 4 is 69.0 Å². The summed E-state index contributed by atoms with van der Waals surface area (Å²) in [4.78, 5) is 48.7. The first kappa shape index (κ1) is 25.0. The van der Waals surface area contributed by atoms with Crippen LogP contribution in [0.2, 0.25) is 4.34 Å². The first-order chi connectivity index (χ1) is 17.8. The molecule has 0 spiro atoms. The molecule has 1 saturated heterocycles. The summed E-state index contributed by atoms with van der Waals surface area (Å²) >= 11 is 8.50. The zero-order chi connectivity index (χ0) is 26.3. The van der Waals surface area contributed by atoms with Crippen LogP contribution >= 0.6 is 34.7 Å². The minimum absolute atomic E-state index is 0.0419. The number of aromatic nitrogens is 3. The smallest absolute Gasteiger partial charge is 0.352 e. The second-order valence-electron chi connectivity index (χ2n) is 8.04. The molecule has 5 heterocycles. The number of carboxylic acid groups (broad SMARTS) is 1. The van der Waals surface area contributed by atoms with Gasteiger partial charge in [-0.2, -0.15) is 0 Å². The summed E-state index contributed by atoms with van der Waals surface area (Å²) in [5.74, 6) is -2.10. The van der Waals surface area contributed by atoms with E-state index in [2.05, 4.69) is 15.5 Å². The average molecular weight is 563 g/mol. The summed E-state index contributed by atoms with van der Waals surface area (Å²) in [7, 11) is 0. The van der Waals surface area contributed by atoms with Crippen LogP contribution < -0.4 is 15.6 Å². The van der Waals surface area contributed by atoms with Crippen molar-refractivity contribution in [3.63, 3.8) is 0 Å². The van der Waals surface area contributed by atoms with E-state index in [1.165, 1.54) is 16.7 Å². The Kier molecular flexibility index (Phi) is 6.79. The Morgan fingerprint density at radius 2 is 2.22 bits per heavy atom. The molecule has 5 rings (SSSR count). The van der Waals surface area contributed by atoms with Gasteiger partial charge < -0.3 is 21.0 Å². The lowest BCUT2D eigenvalue weighted by atomic mass is 10.0. The fraction of sp³-hybridized carbons (Fsp3) is 0.273. The highest BCUT2D eigenvalue weighted by atomic mass is 35.5. The van der Waals surface area contributed by atoms with Crippen LogP contribution in [0.15, 0.2) is 53.2 Å². The van der Waals surface area contributed by atoms with Gasteiger partial charge in [0.15, 0.2) is 10.8 Å². The molecule has 0 aliphatic carbocycles. The number of thioether (sulfide) groups is 1. The highest BCUT2D eigenvalue weighted by molar-refractivity contribution is 8.00. The Labute approximate surface area is 223 Å². The number of aliphatic carboxylic acids is 1. The monoisotopic (exact) mass is 562 g/mol. The number of rotatable bonds is 8. The standard InChI is InChI=1S/C22H20ClN7O5S2/c1-2-35-27-14(13-17(23)37-22(24)26-13)18(31)25-15-19(32)30-16(21(33)34)11(10-36-20(15)30)9-29-8-7-28-6-4-3-5-12(28)29/h3-8,15,20H,2,9-10H2,1H3,(H3-,24,25,26,31,33,34)/p+1/b27-14-/t15-,20-/m1/s1. The number of nitrogens with zero attached hydrogens (tertiary/aromatic N) is 5. The van der Waals surface area contributed by atoms with Crippen molar-refractivity contribution in [3.05, 3.63) is 58.1 Å². The fourth-order valence-corrected chi connectivity index (χ4v) is 6.45. The Morgan fingerprint density at radius 1 is 1.41 bits per heavy atom. The molecular weight excluding hydrogens is 542 g/mol. The molecule has 0 radical (unpaired) electrons. The molecule has 4 N–H and O–H groups in total. The number of carboxylic acids is 1. The van der Waals surface area contributed by atoms with E-state index in [1.54, 1.807) is 6.92 Å². The number of nitrogens with one attached hydrogen (secondary N) is 1. The van der Waals surface area contributed by atoms with Crippen LogP contribution in [0, 0.1) is 0 Å². The molecule has 2 atom stereocenters. The van der Waals surface area contributed by atoms with Crippen molar-refractivity contribution in [2.24, 2.45) is 5.16 Å². The predicted octanol–water partition coefficient (Wildman–Crippen LogP) is 1.10. The van der Waals surface area contributed by atoms with Gasteiger partial charge in [0, 0.05) is 17.4 Å². The summed E-state index contributed by atoms with van der Waals surface area (Å²) in [5, 5.41) is 16.0. The lowest BCUT2D eigenvalue weighted by Gasteiger charge is -2.49. The Morgan fingerprint density at radius 3 is 2.92 bits per heavy atom. The van der Waals surface area contributed by atoms with Gasteiger partial charge >= 0.3 is 5.97 Å². The number of imidazole rings is 1. The van der Waals surface area contributed by atoms with E-state index in [0.717, 1.165) is 17.0 Å². The van der Waals surface area contributed by atoms with Crippen molar-refractivity contribution in [1.29, 1.82) is 0 Å². The highest BCUT2D eigenvalue weighted by Gasteiger charge is 2.54. The van der Waals surface area contributed by atoms with Crippen molar-refractivity contribution < 1.29 is 28.9 Å². The normalized spacial score (nSPS) is 19.6. The van der Waals surface area contributed by atoms with Crippen LogP contribution in [0.4, 0.5) is 5.13 Å². The molecule has 2 amide bonds. The summed E-state index contributed by atoms with van der Waals surface area (Å²) < 4.78 is 3.99. The number of fused-ring (bicyclic) bond motifs is 2. The maximum absolute atomic E-state index is 13.1. The molecule has 2 aliphatic heterocycles. The molecule has 0 saturated carbocycles. The number of nitrogens with two attached hydrogens (primary N) is 1. The minimum atomic E-state index is -1.20. The van der Waals surface area contributed by atoms with Crippen LogP contribution in [0.1, 0.15) is 12.6 Å². The van der Waals surface area contributed by atoms with Crippen LogP contribution in [-0.4, -0.2) is 66.7 Å². The molecule has 3 aromatic rings. The number of thiazole rings is 1. The van der Waals surface area contributed by atoms with Crippen LogP contribution in [0.3, 0.4) is 0 Å². The van der Waals surface area contributed by atoms with E-state index >= 15 is 0 Å². The lowest BCUT2D eigenvalue weighted by molar-refractivity contribution is -0.662. The molecule has 0 aromatic carbocycles. The second kappa shape index (κ2) is 10.0. The third kappa shape index (κ3) is 4.51. The number of oxime groups is 1. The van der Waals surface area contributed by atoms with E-state index in [0.29, 0.717) is 17.9 Å². The number of halogens is 1. The number of hydrogen-bond donors (Lipinski definition) is 3. The molecule has 2 aliphatic rings. The zero-order valence-corrected chi connectivity index (χ0v) is 21.7. The molecular formula is C22H21ClN7O5S2+. The first-order valence-electron chi connectivity index (χ1n) is 11.1. The molecule has 0 unspecified atom stereocenters. The van der Waals surface area contributed by atoms with Crippen LogP contribution in [-0.2, 0) is 25.8 Å². The summed E-state index contributed by atoms with van der Waals surface area (Å²) in [6.45, 7) is 2.18. The van der Waals surface area contributed by atoms with Gasteiger partial charge in [0.2, 0.25) is 0 Å². The number of β-lactam (4-membered cyclic amide) rings is 1. The van der Waals surface area contributed by atoms with Gasteiger partial charge in [0.25, 0.3) is 17.5 Å². The SMILES string of the molecule is CCO/N=C(\C(=O)N[C@@H]1C(=O)N2C(C(=O)O)=C(C[n+]3ccn4ccccc43)CS[C@H]12)c1nc(N)sc1Cl. The van der Waals surface area contributed by atoms with Crippen LogP contribution in [0.25, 0.3) is 5.65 Å². The van der Waals surface area contributed by atoms with Gasteiger partial charge in [-0.05, 0) is 13.0 Å². The largest absolute Gasteiger partial charge is 0.477 e. The minimum Gasteiger partial charge on any atom is -0.477 e. The van der Waals surface area contributed by atoms with E-state index in [1.807, 2.05) is 45.8 Å². The van der Waals surface area contributed by atoms with E-state index in [9.17, 15) is 19.5 Å². The topological polar surface area (TPSA) is 156 Å².